The average Bonchev–Trinajstić information content (AvgIpc) is 3.77. The van der Waals surface area contributed by atoms with Gasteiger partial charge in [-0.15, -0.1) is 0 Å². The molecule has 0 bridgehead atoms. The molecule has 0 radical (unpaired) electrons. The molecule has 0 amide bonds. The number of rotatable bonds is 9. The maximum atomic E-state index is 5.31. The minimum atomic E-state index is 0.543. The molecule has 0 saturated heterocycles. The lowest BCUT2D eigenvalue weighted by Gasteiger charge is -2.26. The smallest absolute Gasteiger partial charge is 0.238 e. The van der Waals surface area contributed by atoms with Crippen LogP contribution in [-0.2, 0) is 0 Å². The number of nitrogens with zero attached hydrogens (tertiary/aromatic N) is 5. The fourth-order valence-corrected chi connectivity index (χ4v) is 9.86. The zero-order chi connectivity index (χ0) is 46.4. The van der Waals surface area contributed by atoms with Crippen LogP contribution in [0.5, 0.6) is 0 Å². The second kappa shape index (κ2) is 17.3. The molecule has 0 atom stereocenters. The Labute approximate surface area is 405 Å². The summed E-state index contributed by atoms with van der Waals surface area (Å²) >= 11 is 0. The number of fused-ring (bicyclic) bond motifs is 5. The topological polar surface area (TPSA) is 46.8 Å². The average molecular weight is 894 g/mol. The maximum Gasteiger partial charge on any atom is 0.238 e. The van der Waals surface area contributed by atoms with Gasteiger partial charge in [-0.1, -0.05) is 206 Å². The summed E-state index contributed by atoms with van der Waals surface area (Å²) in [7, 11) is 0. The van der Waals surface area contributed by atoms with E-state index < -0.39 is 0 Å². The molecule has 328 valence electrons. The Morgan fingerprint density at radius 2 is 0.629 bits per heavy atom. The van der Waals surface area contributed by atoms with Crippen LogP contribution in [0.25, 0.3) is 105 Å². The molecular formula is C65H43N5. The van der Waals surface area contributed by atoms with Crippen molar-refractivity contribution in [3.8, 4) is 62.1 Å². The quantitative estimate of drug-likeness (QED) is 0.145. The van der Waals surface area contributed by atoms with Crippen LogP contribution in [0.4, 0.5) is 17.1 Å². The standard InChI is InChI=1S/C65H43N5/c1-4-14-44(15-5-1)55-32-38-59-60-39-37-58(43-62(60)70(61(59)42-55)65-67-63(49-18-6-2-7-19-49)66-64(68-65)50-20-8-3-9-21-50)69(56-33-28-47(29-34-56)53-26-24-45-16-10-12-22-51(45)40-53)57-35-30-48(31-36-57)54-27-25-46-17-11-13-23-52(46)41-54/h1-43H. The van der Waals surface area contributed by atoms with E-state index in [-0.39, 0.29) is 0 Å². The number of aromatic nitrogens is 4. The molecule has 5 heteroatoms. The Bertz CT molecular complexity index is 3850. The zero-order valence-corrected chi connectivity index (χ0v) is 38.1. The van der Waals surface area contributed by atoms with E-state index in [4.69, 9.17) is 15.0 Å². The normalized spacial score (nSPS) is 11.4. The van der Waals surface area contributed by atoms with Gasteiger partial charge in [0.15, 0.2) is 11.6 Å². The van der Waals surface area contributed by atoms with Crippen LogP contribution in [-0.4, -0.2) is 19.5 Å². The lowest BCUT2D eigenvalue weighted by molar-refractivity contribution is 0.953. The van der Waals surface area contributed by atoms with Crippen molar-refractivity contribution in [1.29, 1.82) is 0 Å². The van der Waals surface area contributed by atoms with Crippen molar-refractivity contribution in [2.24, 2.45) is 0 Å². The predicted octanol–water partition coefficient (Wildman–Crippen LogP) is 17.1. The summed E-state index contributed by atoms with van der Waals surface area (Å²) in [6, 6.07) is 92.7. The zero-order valence-electron chi connectivity index (χ0n) is 38.1. The van der Waals surface area contributed by atoms with Crippen LogP contribution in [0, 0.1) is 0 Å². The van der Waals surface area contributed by atoms with Crippen LogP contribution < -0.4 is 4.90 Å². The molecule has 13 rings (SSSR count). The predicted molar refractivity (Wildman–Crippen MR) is 291 cm³/mol. The summed E-state index contributed by atoms with van der Waals surface area (Å²) in [5, 5.41) is 7.11. The van der Waals surface area contributed by atoms with E-state index in [0.717, 1.165) is 72.2 Å². The molecule has 0 N–H and O–H groups in total. The molecule has 0 aliphatic heterocycles. The van der Waals surface area contributed by atoms with E-state index in [1.807, 2.05) is 36.4 Å². The van der Waals surface area contributed by atoms with Gasteiger partial charge in [0.25, 0.3) is 0 Å². The molecule has 0 saturated carbocycles. The van der Waals surface area contributed by atoms with Crippen LogP contribution in [0.2, 0.25) is 0 Å². The third-order valence-electron chi connectivity index (χ3n) is 13.4. The number of hydrogen-bond donors (Lipinski definition) is 0. The summed E-state index contributed by atoms with van der Waals surface area (Å²) in [5.74, 6) is 1.75. The van der Waals surface area contributed by atoms with Crippen molar-refractivity contribution in [3.05, 3.63) is 261 Å². The van der Waals surface area contributed by atoms with Gasteiger partial charge in [-0.25, -0.2) is 4.98 Å². The highest BCUT2D eigenvalue weighted by Crippen LogP contribution is 2.42. The number of anilines is 3. The highest BCUT2D eigenvalue weighted by atomic mass is 15.2. The molecule has 0 aliphatic rings. The van der Waals surface area contributed by atoms with Gasteiger partial charge in [0.1, 0.15) is 0 Å². The van der Waals surface area contributed by atoms with E-state index in [9.17, 15) is 0 Å². The molecule has 0 unspecified atom stereocenters. The molecule has 11 aromatic carbocycles. The van der Waals surface area contributed by atoms with Crippen LogP contribution in [0.1, 0.15) is 0 Å². The summed E-state index contributed by atoms with van der Waals surface area (Å²) < 4.78 is 2.23. The first-order valence-electron chi connectivity index (χ1n) is 23.7. The Hall–Kier alpha value is -9.45. The Balaban J connectivity index is 1.01. The Morgan fingerprint density at radius 1 is 0.257 bits per heavy atom. The van der Waals surface area contributed by atoms with E-state index in [1.165, 1.54) is 32.7 Å². The fraction of sp³-hybridized carbons (Fsp3) is 0. The van der Waals surface area contributed by atoms with Gasteiger partial charge >= 0.3 is 0 Å². The van der Waals surface area contributed by atoms with Gasteiger partial charge in [0.2, 0.25) is 5.95 Å². The minimum Gasteiger partial charge on any atom is -0.310 e. The van der Waals surface area contributed by atoms with E-state index in [0.29, 0.717) is 17.6 Å². The van der Waals surface area contributed by atoms with E-state index >= 15 is 0 Å². The first kappa shape index (κ1) is 40.8. The van der Waals surface area contributed by atoms with Crippen LogP contribution in [0.15, 0.2) is 261 Å². The van der Waals surface area contributed by atoms with Crippen molar-refractivity contribution in [3.63, 3.8) is 0 Å². The molecular weight excluding hydrogens is 851 g/mol. The first-order valence-corrected chi connectivity index (χ1v) is 23.7. The summed E-state index contributed by atoms with van der Waals surface area (Å²) in [4.78, 5) is 18.0. The second-order valence-electron chi connectivity index (χ2n) is 17.7. The van der Waals surface area contributed by atoms with Crippen molar-refractivity contribution in [2.45, 2.75) is 0 Å². The molecule has 13 aromatic rings. The molecule has 0 aliphatic carbocycles. The third-order valence-corrected chi connectivity index (χ3v) is 13.4. The molecule has 2 aromatic heterocycles. The summed E-state index contributed by atoms with van der Waals surface area (Å²) in [5.41, 5.74) is 13.8. The molecule has 0 spiro atoms. The van der Waals surface area contributed by atoms with Crippen molar-refractivity contribution in [1.82, 2.24) is 19.5 Å². The minimum absolute atomic E-state index is 0.543. The SMILES string of the molecule is c1ccc(-c2ccc3c4ccc(N(c5ccc(-c6ccc7ccccc7c6)cc5)c5ccc(-c6ccc7ccccc7c6)cc5)cc4n(-c4nc(-c5ccccc5)nc(-c5ccccc5)n4)c3c2)cc1. The second-order valence-corrected chi connectivity index (χ2v) is 17.7. The fourth-order valence-electron chi connectivity index (χ4n) is 9.86. The maximum absolute atomic E-state index is 5.31. The molecule has 2 heterocycles. The largest absolute Gasteiger partial charge is 0.310 e. The van der Waals surface area contributed by atoms with Gasteiger partial charge in [0, 0.05) is 39.0 Å². The number of hydrogen-bond acceptors (Lipinski definition) is 4. The van der Waals surface area contributed by atoms with Crippen molar-refractivity contribution < 1.29 is 0 Å². The monoisotopic (exact) mass is 893 g/mol. The first-order chi connectivity index (χ1) is 34.7. The van der Waals surface area contributed by atoms with Gasteiger partial charge in [-0.05, 0) is 110 Å². The highest BCUT2D eigenvalue weighted by Gasteiger charge is 2.22. The van der Waals surface area contributed by atoms with Gasteiger partial charge in [-0.2, -0.15) is 9.97 Å². The lowest BCUT2D eigenvalue weighted by Crippen LogP contribution is -2.10. The van der Waals surface area contributed by atoms with Crippen LogP contribution in [0.3, 0.4) is 0 Å². The van der Waals surface area contributed by atoms with Gasteiger partial charge in [-0.3, -0.25) is 4.57 Å². The van der Waals surface area contributed by atoms with E-state index in [2.05, 4.69) is 234 Å². The lowest BCUT2D eigenvalue weighted by atomic mass is 10.00. The van der Waals surface area contributed by atoms with Crippen LogP contribution >= 0.6 is 0 Å². The highest BCUT2D eigenvalue weighted by molar-refractivity contribution is 6.11. The molecule has 70 heavy (non-hydrogen) atoms. The molecule has 5 nitrogen and oxygen atoms in total. The number of benzene rings is 11. The van der Waals surface area contributed by atoms with E-state index in [1.54, 1.807) is 0 Å². The van der Waals surface area contributed by atoms with Gasteiger partial charge in [0.05, 0.1) is 11.0 Å². The Kier molecular flexibility index (Phi) is 10.1. The summed E-state index contributed by atoms with van der Waals surface area (Å²) in [6.07, 6.45) is 0. The van der Waals surface area contributed by atoms with Gasteiger partial charge < -0.3 is 4.90 Å². The third kappa shape index (κ3) is 7.52. The van der Waals surface area contributed by atoms with Crippen molar-refractivity contribution in [2.75, 3.05) is 4.90 Å². The Morgan fingerprint density at radius 3 is 1.14 bits per heavy atom. The summed E-state index contributed by atoms with van der Waals surface area (Å²) in [6.45, 7) is 0. The molecule has 0 fully saturated rings. The van der Waals surface area contributed by atoms with Crippen molar-refractivity contribution >= 4 is 60.4 Å².